The molecule has 1 rings (SSSR count). The summed E-state index contributed by atoms with van der Waals surface area (Å²) >= 11 is 0. The molecule has 4 nitrogen and oxygen atoms in total. The van der Waals surface area contributed by atoms with E-state index in [0.717, 1.165) is 6.54 Å². The monoisotopic (exact) mass is 131 g/mol. The quantitative estimate of drug-likeness (QED) is 0.364. The van der Waals surface area contributed by atoms with Gasteiger partial charge in [0.1, 0.15) is 0 Å². The van der Waals surface area contributed by atoms with Crippen LogP contribution in [0.4, 0.5) is 0 Å². The predicted octanol–water partition coefficient (Wildman–Crippen LogP) is -1.89. The number of rotatable bonds is 1. The zero-order chi connectivity index (χ0) is 6.85. The van der Waals surface area contributed by atoms with Gasteiger partial charge in [0.15, 0.2) is 0 Å². The van der Waals surface area contributed by atoms with E-state index in [2.05, 4.69) is 0 Å². The first kappa shape index (κ1) is 6.95. The summed E-state index contributed by atoms with van der Waals surface area (Å²) in [5, 5.41) is 10.3. The number of nitrogens with two attached hydrogens (primary N) is 2. The second kappa shape index (κ2) is 2.62. The van der Waals surface area contributed by atoms with Gasteiger partial charge in [-0.25, -0.2) is 5.01 Å². The van der Waals surface area contributed by atoms with Gasteiger partial charge in [-0.1, -0.05) is 0 Å². The molecule has 1 heterocycles. The van der Waals surface area contributed by atoms with Crippen molar-refractivity contribution in [3.63, 3.8) is 0 Å². The lowest BCUT2D eigenvalue weighted by Crippen LogP contribution is -2.32. The van der Waals surface area contributed by atoms with Gasteiger partial charge in [0.25, 0.3) is 0 Å². The molecule has 5 N–H and O–H groups in total. The Morgan fingerprint density at radius 1 is 1.56 bits per heavy atom. The van der Waals surface area contributed by atoms with Crippen LogP contribution in [0.15, 0.2) is 0 Å². The molecule has 0 aliphatic carbocycles. The van der Waals surface area contributed by atoms with E-state index in [1.165, 1.54) is 0 Å². The molecule has 0 aromatic heterocycles. The first-order valence-corrected chi connectivity index (χ1v) is 3.10. The van der Waals surface area contributed by atoms with E-state index in [9.17, 15) is 0 Å². The van der Waals surface area contributed by atoms with Gasteiger partial charge in [0.05, 0.1) is 0 Å². The topological polar surface area (TPSA) is 75.5 Å². The summed E-state index contributed by atoms with van der Waals surface area (Å²) in [7, 11) is 0. The summed E-state index contributed by atoms with van der Waals surface area (Å²) in [4.78, 5) is 0. The van der Waals surface area contributed by atoms with Gasteiger partial charge in [-0.15, -0.1) is 0 Å². The molecule has 4 heteroatoms. The Hall–Kier alpha value is -0.160. The number of hydrogen-bond donors (Lipinski definition) is 3. The second-order valence-corrected chi connectivity index (χ2v) is 2.56. The van der Waals surface area contributed by atoms with Gasteiger partial charge >= 0.3 is 0 Å². The molecule has 2 atom stereocenters. The van der Waals surface area contributed by atoms with Crippen LogP contribution in [-0.4, -0.2) is 35.9 Å². The summed E-state index contributed by atoms with van der Waals surface area (Å²) in [6.07, 6.45) is 0. The molecule has 0 spiro atoms. The molecule has 54 valence electrons. The summed E-state index contributed by atoms with van der Waals surface area (Å²) in [5.41, 5.74) is 5.60. The molecule has 1 saturated heterocycles. The minimum atomic E-state index is 0.0556. The van der Waals surface area contributed by atoms with Crippen LogP contribution in [0, 0.1) is 5.92 Å². The Morgan fingerprint density at radius 2 is 2.22 bits per heavy atom. The van der Waals surface area contributed by atoms with E-state index >= 15 is 0 Å². The van der Waals surface area contributed by atoms with Crippen molar-refractivity contribution < 1.29 is 5.11 Å². The van der Waals surface area contributed by atoms with Crippen LogP contribution < -0.4 is 11.6 Å². The predicted molar refractivity (Wildman–Crippen MR) is 34.3 cm³/mol. The highest BCUT2D eigenvalue weighted by atomic mass is 16.3. The maximum Gasteiger partial charge on any atom is 0.0487 e. The van der Waals surface area contributed by atoms with Crippen molar-refractivity contribution in [1.82, 2.24) is 5.01 Å². The van der Waals surface area contributed by atoms with E-state index in [1.54, 1.807) is 5.01 Å². The molecule has 0 radical (unpaired) electrons. The van der Waals surface area contributed by atoms with E-state index < -0.39 is 0 Å². The fraction of sp³-hybridized carbons (Fsp3) is 1.00. The summed E-state index contributed by atoms with van der Waals surface area (Å²) in [6, 6.07) is 0.0556. The van der Waals surface area contributed by atoms with Crippen molar-refractivity contribution in [3.8, 4) is 0 Å². The van der Waals surface area contributed by atoms with Crippen LogP contribution in [0.25, 0.3) is 0 Å². The molecule has 0 saturated carbocycles. The van der Waals surface area contributed by atoms with Gasteiger partial charge in [-0.3, -0.25) is 5.84 Å². The Morgan fingerprint density at radius 3 is 2.44 bits per heavy atom. The third kappa shape index (κ3) is 1.40. The summed E-state index contributed by atoms with van der Waals surface area (Å²) in [6.45, 7) is 1.57. The first-order chi connectivity index (χ1) is 4.24. The third-order valence-corrected chi connectivity index (χ3v) is 1.75. The number of aliphatic hydroxyl groups is 1. The fourth-order valence-electron chi connectivity index (χ4n) is 1.12. The van der Waals surface area contributed by atoms with Crippen LogP contribution in [0.3, 0.4) is 0 Å². The smallest absolute Gasteiger partial charge is 0.0487 e. The zero-order valence-electron chi connectivity index (χ0n) is 5.33. The molecule has 1 aliphatic rings. The van der Waals surface area contributed by atoms with Crippen LogP contribution in [0.1, 0.15) is 0 Å². The van der Waals surface area contributed by atoms with Crippen molar-refractivity contribution in [1.29, 1.82) is 0 Å². The largest absolute Gasteiger partial charge is 0.396 e. The molecular formula is C5H13N3O. The molecular weight excluding hydrogens is 118 g/mol. The lowest BCUT2D eigenvalue weighted by molar-refractivity contribution is 0.216. The maximum atomic E-state index is 8.69. The van der Waals surface area contributed by atoms with Gasteiger partial charge in [0.2, 0.25) is 0 Å². The summed E-state index contributed by atoms with van der Waals surface area (Å²) in [5.74, 6) is 5.61. The SMILES string of the molecule is N[C@H]1CN(N)CC1CO. The van der Waals surface area contributed by atoms with E-state index in [-0.39, 0.29) is 18.6 Å². The summed E-state index contributed by atoms with van der Waals surface area (Å²) < 4.78 is 0. The fourth-order valence-corrected chi connectivity index (χ4v) is 1.12. The van der Waals surface area contributed by atoms with Crippen LogP contribution >= 0.6 is 0 Å². The number of hydrazine groups is 1. The van der Waals surface area contributed by atoms with Crippen molar-refractivity contribution in [3.05, 3.63) is 0 Å². The molecule has 1 fully saturated rings. The standard InChI is InChI=1S/C5H13N3O/c6-5-2-8(7)1-4(5)3-9/h4-5,9H,1-3,6-7H2/t4?,5-/m0/s1. The molecule has 0 amide bonds. The van der Waals surface area contributed by atoms with Crippen molar-refractivity contribution >= 4 is 0 Å². The highest BCUT2D eigenvalue weighted by Crippen LogP contribution is 2.10. The van der Waals surface area contributed by atoms with Crippen molar-refractivity contribution in [2.75, 3.05) is 19.7 Å². The molecule has 0 aromatic rings. The molecule has 0 aromatic carbocycles. The van der Waals surface area contributed by atoms with Crippen molar-refractivity contribution in [2.45, 2.75) is 6.04 Å². The van der Waals surface area contributed by atoms with Crippen molar-refractivity contribution in [2.24, 2.45) is 17.5 Å². The minimum absolute atomic E-state index is 0.0556. The normalized spacial score (nSPS) is 37.7. The molecule has 0 bridgehead atoms. The first-order valence-electron chi connectivity index (χ1n) is 3.10. The number of hydrogen-bond acceptors (Lipinski definition) is 4. The molecule has 1 unspecified atom stereocenters. The average Bonchev–Trinajstić information content (AvgIpc) is 2.10. The zero-order valence-corrected chi connectivity index (χ0v) is 5.33. The van der Waals surface area contributed by atoms with Crippen LogP contribution in [0.2, 0.25) is 0 Å². The van der Waals surface area contributed by atoms with E-state index in [4.69, 9.17) is 16.7 Å². The molecule has 9 heavy (non-hydrogen) atoms. The van der Waals surface area contributed by atoms with E-state index in [0.29, 0.717) is 6.54 Å². The second-order valence-electron chi connectivity index (χ2n) is 2.56. The highest BCUT2D eigenvalue weighted by Gasteiger charge is 2.27. The third-order valence-electron chi connectivity index (χ3n) is 1.75. The Labute approximate surface area is 54.4 Å². The van der Waals surface area contributed by atoms with Crippen LogP contribution in [0.5, 0.6) is 0 Å². The maximum absolute atomic E-state index is 8.69. The number of aliphatic hydroxyl groups excluding tert-OH is 1. The average molecular weight is 131 g/mol. The van der Waals surface area contributed by atoms with Gasteiger partial charge in [-0.2, -0.15) is 0 Å². The number of nitrogens with zero attached hydrogens (tertiary/aromatic N) is 1. The van der Waals surface area contributed by atoms with Crippen LogP contribution in [-0.2, 0) is 0 Å². The minimum Gasteiger partial charge on any atom is -0.396 e. The highest BCUT2D eigenvalue weighted by molar-refractivity contribution is 4.83. The van der Waals surface area contributed by atoms with Gasteiger partial charge in [0, 0.05) is 31.7 Å². The van der Waals surface area contributed by atoms with E-state index in [1.807, 2.05) is 0 Å². The Bertz CT molecular complexity index is 98.2. The molecule has 1 aliphatic heterocycles. The lowest BCUT2D eigenvalue weighted by Gasteiger charge is -2.07. The van der Waals surface area contributed by atoms with Gasteiger partial charge in [-0.05, 0) is 0 Å². The Kier molecular flexibility index (Phi) is 2.02. The Balaban J connectivity index is 2.38. The lowest BCUT2D eigenvalue weighted by atomic mass is 10.1. The van der Waals surface area contributed by atoms with Gasteiger partial charge < -0.3 is 10.8 Å².